The largest absolute Gasteiger partial charge is 0.469 e. The molecule has 0 amide bonds. The molecule has 1 unspecified atom stereocenters. The highest BCUT2D eigenvalue weighted by Crippen LogP contribution is 2.24. The van der Waals surface area contributed by atoms with Crippen molar-refractivity contribution in [1.29, 1.82) is 0 Å². The Morgan fingerprint density at radius 3 is 2.68 bits per heavy atom. The van der Waals surface area contributed by atoms with Gasteiger partial charge in [0.15, 0.2) is 0 Å². The summed E-state index contributed by atoms with van der Waals surface area (Å²) in [5.41, 5.74) is 1.39. The average Bonchev–Trinajstić information content (AvgIpc) is 2.37. The Bertz CT molecular complexity index is 488. The molecule has 0 aromatic heterocycles. The van der Waals surface area contributed by atoms with Crippen LogP contribution in [-0.4, -0.2) is 31.6 Å². The molecule has 0 N–H and O–H groups in total. The first-order valence-corrected chi connectivity index (χ1v) is 5.90. The van der Waals surface area contributed by atoms with E-state index in [1.54, 1.807) is 37.9 Å². The monoisotopic (exact) mass is 266 g/mol. The SMILES string of the molecule is COC(=O)C(C)CN(C)c1ccc(C)c([N+](=O)[O-])c1. The van der Waals surface area contributed by atoms with Crippen molar-refractivity contribution in [2.24, 2.45) is 5.92 Å². The summed E-state index contributed by atoms with van der Waals surface area (Å²) in [6, 6.07) is 5.01. The lowest BCUT2D eigenvalue weighted by atomic mass is 10.1. The molecule has 1 aromatic carbocycles. The number of nitro groups is 1. The van der Waals surface area contributed by atoms with Crippen LogP contribution < -0.4 is 4.90 Å². The number of rotatable bonds is 5. The zero-order valence-corrected chi connectivity index (χ0v) is 11.5. The summed E-state index contributed by atoms with van der Waals surface area (Å²) in [5.74, 6) is -0.594. The fraction of sp³-hybridized carbons (Fsp3) is 0.462. The minimum Gasteiger partial charge on any atom is -0.469 e. The number of aryl methyl sites for hydroxylation is 1. The first-order chi connectivity index (χ1) is 8.86. The second-order valence-corrected chi connectivity index (χ2v) is 4.53. The number of hydrogen-bond donors (Lipinski definition) is 0. The highest BCUT2D eigenvalue weighted by atomic mass is 16.6. The standard InChI is InChI=1S/C13H18N2O4/c1-9-5-6-11(7-12(9)15(17)18)14(3)8-10(2)13(16)19-4/h5-7,10H,8H2,1-4H3. The molecule has 0 saturated carbocycles. The maximum atomic E-state index is 11.4. The Kier molecular flexibility index (Phi) is 4.86. The van der Waals surface area contributed by atoms with Crippen LogP contribution in [0.3, 0.4) is 0 Å². The summed E-state index contributed by atoms with van der Waals surface area (Å²) in [6.07, 6.45) is 0. The third kappa shape index (κ3) is 3.67. The molecular weight excluding hydrogens is 248 g/mol. The fourth-order valence-electron chi connectivity index (χ4n) is 1.82. The molecule has 0 radical (unpaired) electrons. The molecule has 0 aliphatic carbocycles. The van der Waals surface area contributed by atoms with Gasteiger partial charge in [0.1, 0.15) is 0 Å². The highest BCUT2D eigenvalue weighted by molar-refractivity contribution is 5.72. The van der Waals surface area contributed by atoms with Gasteiger partial charge in [0.2, 0.25) is 0 Å². The molecule has 6 nitrogen and oxygen atoms in total. The summed E-state index contributed by atoms with van der Waals surface area (Å²) in [7, 11) is 3.13. The van der Waals surface area contributed by atoms with Gasteiger partial charge in [-0.15, -0.1) is 0 Å². The normalized spacial score (nSPS) is 11.8. The van der Waals surface area contributed by atoms with Crippen LogP contribution in [-0.2, 0) is 9.53 Å². The number of carbonyl (C=O) groups is 1. The van der Waals surface area contributed by atoms with Crippen molar-refractivity contribution < 1.29 is 14.5 Å². The van der Waals surface area contributed by atoms with Gasteiger partial charge in [-0.1, -0.05) is 13.0 Å². The van der Waals surface area contributed by atoms with E-state index in [-0.39, 0.29) is 17.6 Å². The van der Waals surface area contributed by atoms with Crippen molar-refractivity contribution in [1.82, 2.24) is 0 Å². The predicted octanol–water partition coefficient (Wildman–Crippen LogP) is 2.15. The van der Waals surface area contributed by atoms with Crippen LogP contribution in [0.25, 0.3) is 0 Å². The number of hydrogen-bond acceptors (Lipinski definition) is 5. The molecule has 0 fully saturated rings. The van der Waals surface area contributed by atoms with E-state index in [9.17, 15) is 14.9 Å². The van der Waals surface area contributed by atoms with Crippen LogP contribution >= 0.6 is 0 Å². The van der Waals surface area contributed by atoms with Gasteiger partial charge < -0.3 is 9.64 Å². The lowest BCUT2D eigenvalue weighted by Crippen LogP contribution is -2.29. The van der Waals surface area contributed by atoms with Crippen LogP contribution in [0.4, 0.5) is 11.4 Å². The zero-order valence-electron chi connectivity index (χ0n) is 11.5. The zero-order chi connectivity index (χ0) is 14.6. The van der Waals surface area contributed by atoms with Crippen LogP contribution in [0.5, 0.6) is 0 Å². The maximum absolute atomic E-state index is 11.4. The average molecular weight is 266 g/mol. The number of ether oxygens (including phenoxy) is 1. The van der Waals surface area contributed by atoms with Crippen molar-refractivity contribution in [2.75, 3.05) is 25.6 Å². The van der Waals surface area contributed by atoms with E-state index in [1.807, 2.05) is 0 Å². The Labute approximate surface area is 112 Å². The molecule has 0 spiro atoms. The summed E-state index contributed by atoms with van der Waals surface area (Å²) in [5, 5.41) is 10.9. The summed E-state index contributed by atoms with van der Waals surface area (Å²) >= 11 is 0. The quantitative estimate of drug-likeness (QED) is 0.464. The molecule has 0 aliphatic heterocycles. The number of esters is 1. The van der Waals surface area contributed by atoms with Gasteiger partial charge in [-0.25, -0.2) is 0 Å². The molecule has 1 aromatic rings. The van der Waals surface area contributed by atoms with E-state index in [4.69, 9.17) is 0 Å². The first kappa shape index (κ1) is 14.9. The third-order valence-electron chi connectivity index (χ3n) is 2.98. The number of benzene rings is 1. The third-order valence-corrected chi connectivity index (χ3v) is 2.98. The van der Waals surface area contributed by atoms with Gasteiger partial charge in [-0.2, -0.15) is 0 Å². The lowest BCUT2D eigenvalue weighted by molar-refractivity contribution is -0.385. The minimum absolute atomic E-state index is 0.0788. The molecule has 19 heavy (non-hydrogen) atoms. The van der Waals surface area contributed by atoms with Gasteiger partial charge in [-0.05, 0) is 13.0 Å². The number of methoxy groups -OCH3 is 1. The van der Waals surface area contributed by atoms with Gasteiger partial charge >= 0.3 is 5.97 Å². The molecule has 0 heterocycles. The van der Waals surface area contributed by atoms with E-state index < -0.39 is 4.92 Å². The van der Waals surface area contributed by atoms with Crippen LogP contribution in [0, 0.1) is 23.0 Å². The molecule has 0 saturated heterocycles. The van der Waals surface area contributed by atoms with E-state index in [1.165, 1.54) is 13.2 Å². The number of nitro benzene ring substituents is 1. The second-order valence-electron chi connectivity index (χ2n) is 4.53. The Morgan fingerprint density at radius 2 is 2.16 bits per heavy atom. The smallest absolute Gasteiger partial charge is 0.310 e. The fourth-order valence-corrected chi connectivity index (χ4v) is 1.82. The molecule has 104 valence electrons. The summed E-state index contributed by atoms with van der Waals surface area (Å²) < 4.78 is 4.66. The van der Waals surface area contributed by atoms with Crippen molar-refractivity contribution in [2.45, 2.75) is 13.8 Å². The van der Waals surface area contributed by atoms with E-state index in [0.29, 0.717) is 17.8 Å². The van der Waals surface area contributed by atoms with Crippen LogP contribution in [0.1, 0.15) is 12.5 Å². The van der Waals surface area contributed by atoms with Gasteiger partial charge in [0, 0.05) is 30.9 Å². The second kappa shape index (κ2) is 6.17. The molecule has 1 atom stereocenters. The van der Waals surface area contributed by atoms with E-state index in [2.05, 4.69) is 4.74 Å². The van der Waals surface area contributed by atoms with E-state index in [0.717, 1.165) is 0 Å². The Hall–Kier alpha value is -2.11. The molecular formula is C13H18N2O4. The van der Waals surface area contributed by atoms with Crippen molar-refractivity contribution >= 4 is 17.3 Å². The van der Waals surface area contributed by atoms with Crippen LogP contribution in [0.15, 0.2) is 18.2 Å². The Balaban J connectivity index is 2.88. The predicted molar refractivity (Wildman–Crippen MR) is 72.3 cm³/mol. The number of anilines is 1. The van der Waals surface area contributed by atoms with E-state index >= 15 is 0 Å². The van der Waals surface area contributed by atoms with Crippen molar-refractivity contribution in [3.63, 3.8) is 0 Å². The number of carbonyl (C=O) groups excluding carboxylic acids is 1. The molecule has 0 aliphatic rings. The molecule has 6 heteroatoms. The minimum atomic E-state index is -0.406. The van der Waals surface area contributed by atoms with Gasteiger partial charge in [0.25, 0.3) is 5.69 Å². The number of nitrogens with zero attached hydrogens (tertiary/aromatic N) is 2. The summed E-state index contributed by atoms with van der Waals surface area (Å²) in [6.45, 7) is 3.89. The Morgan fingerprint density at radius 1 is 1.53 bits per heavy atom. The van der Waals surface area contributed by atoms with Crippen molar-refractivity contribution in [3.8, 4) is 0 Å². The molecule has 1 rings (SSSR count). The molecule has 0 bridgehead atoms. The summed E-state index contributed by atoms with van der Waals surface area (Å²) in [4.78, 5) is 23.6. The topological polar surface area (TPSA) is 72.7 Å². The van der Waals surface area contributed by atoms with Crippen LogP contribution in [0.2, 0.25) is 0 Å². The highest BCUT2D eigenvalue weighted by Gasteiger charge is 2.18. The van der Waals surface area contributed by atoms with Crippen molar-refractivity contribution in [3.05, 3.63) is 33.9 Å². The first-order valence-electron chi connectivity index (χ1n) is 5.90. The van der Waals surface area contributed by atoms with Gasteiger partial charge in [-0.3, -0.25) is 14.9 Å². The lowest BCUT2D eigenvalue weighted by Gasteiger charge is -2.22. The van der Waals surface area contributed by atoms with Gasteiger partial charge in [0.05, 0.1) is 18.0 Å². The maximum Gasteiger partial charge on any atom is 0.310 e.